The molecule has 0 spiro atoms. The molecule has 18 heavy (non-hydrogen) atoms. The molecule has 0 bridgehead atoms. The van der Waals surface area contributed by atoms with Crippen molar-refractivity contribution >= 4 is 5.91 Å². The van der Waals surface area contributed by atoms with Gasteiger partial charge in [0, 0.05) is 6.42 Å². The van der Waals surface area contributed by atoms with Crippen LogP contribution in [0.5, 0.6) is 0 Å². The van der Waals surface area contributed by atoms with E-state index in [0.717, 1.165) is 11.6 Å². The molecule has 5 heteroatoms. The number of aromatic nitrogens is 3. The summed E-state index contributed by atoms with van der Waals surface area (Å²) in [5.41, 5.74) is 1.17. The molecule has 0 aliphatic carbocycles. The second-order valence-corrected chi connectivity index (χ2v) is 4.51. The van der Waals surface area contributed by atoms with Crippen molar-refractivity contribution in [3.8, 4) is 0 Å². The summed E-state index contributed by atoms with van der Waals surface area (Å²) in [5.74, 6) is 1.70. The van der Waals surface area contributed by atoms with E-state index in [1.165, 1.54) is 5.56 Å². The monoisotopic (exact) mass is 242 g/mol. The lowest BCUT2D eigenvalue weighted by Gasteiger charge is -2.21. The van der Waals surface area contributed by atoms with Crippen LogP contribution in [0.25, 0.3) is 0 Å². The molecule has 0 saturated carbocycles. The number of nitrogens with one attached hydrogen (secondary N) is 1. The average molecular weight is 242 g/mol. The molecule has 3 rings (SSSR count). The third-order valence-electron chi connectivity index (χ3n) is 3.13. The lowest BCUT2D eigenvalue weighted by Crippen LogP contribution is -2.37. The summed E-state index contributed by atoms with van der Waals surface area (Å²) in [6.07, 6.45) is 0.702. The van der Waals surface area contributed by atoms with Gasteiger partial charge in [-0.1, -0.05) is 30.3 Å². The van der Waals surface area contributed by atoms with Gasteiger partial charge in [-0.25, -0.2) is 0 Å². The molecule has 1 aliphatic rings. The Morgan fingerprint density at radius 2 is 2.11 bits per heavy atom. The van der Waals surface area contributed by atoms with Gasteiger partial charge in [-0.3, -0.25) is 4.79 Å². The van der Waals surface area contributed by atoms with Gasteiger partial charge in [0.05, 0.1) is 6.04 Å². The Labute approximate surface area is 105 Å². The van der Waals surface area contributed by atoms with Crippen molar-refractivity contribution in [1.82, 2.24) is 20.1 Å². The highest BCUT2D eigenvalue weighted by molar-refractivity contribution is 5.77. The van der Waals surface area contributed by atoms with Gasteiger partial charge in [0.25, 0.3) is 0 Å². The number of rotatable bonds is 2. The Morgan fingerprint density at radius 1 is 1.33 bits per heavy atom. The predicted octanol–water partition coefficient (Wildman–Crippen LogP) is 1.06. The first-order valence-corrected chi connectivity index (χ1v) is 5.99. The molecule has 1 N–H and O–H groups in total. The van der Waals surface area contributed by atoms with E-state index >= 15 is 0 Å². The van der Waals surface area contributed by atoms with Crippen LogP contribution in [0.15, 0.2) is 30.3 Å². The topological polar surface area (TPSA) is 59.8 Å². The SMILES string of the molecule is C[C@@H]1NC(=O)Cn2c(Cc3ccccc3)nnc21. The minimum Gasteiger partial charge on any atom is -0.345 e. The lowest BCUT2D eigenvalue weighted by molar-refractivity contribution is -0.123. The summed E-state index contributed by atoms with van der Waals surface area (Å²) in [4.78, 5) is 11.6. The second kappa shape index (κ2) is 4.25. The van der Waals surface area contributed by atoms with E-state index in [2.05, 4.69) is 15.5 Å². The van der Waals surface area contributed by atoms with Crippen LogP contribution in [0.2, 0.25) is 0 Å². The maximum Gasteiger partial charge on any atom is 0.240 e. The van der Waals surface area contributed by atoms with Gasteiger partial charge >= 0.3 is 0 Å². The molecule has 1 amide bonds. The van der Waals surface area contributed by atoms with E-state index in [1.54, 1.807) is 0 Å². The predicted molar refractivity (Wildman–Crippen MR) is 65.8 cm³/mol. The third-order valence-corrected chi connectivity index (χ3v) is 3.13. The molecular formula is C13H14N4O. The average Bonchev–Trinajstić information content (AvgIpc) is 2.74. The van der Waals surface area contributed by atoms with Gasteiger partial charge in [0.2, 0.25) is 5.91 Å². The molecule has 2 aromatic rings. The van der Waals surface area contributed by atoms with E-state index in [0.29, 0.717) is 13.0 Å². The van der Waals surface area contributed by atoms with Crippen LogP contribution < -0.4 is 5.32 Å². The Bertz CT molecular complexity index is 576. The zero-order chi connectivity index (χ0) is 12.5. The minimum absolute atomic E-state index is 0.0177. The number of hydrogen-bond donors (Lipinski definition) is 1. The van der Waals surface area contributed by atoms with Crippen LogP contribution in [0.4, 0.5) is 0 Å². The Morgan fingerprint density at radius 3 is 2.89 bits per heavy atom. The number of nitrogens with zero attached hydrogens (tertiary/aromatic N) is 3. The van der Waals surface area contributed by atoms with Crippen molar-refractivity contribution in [1.29, 1.82) is 0 Å². The third kappa shape index (κ3) is 1.88. The molecule has 0 fully saturated rings. The maximum atomic E-state index is 11.6. The van der Waals surface area contributed by atoms with Gasteiger partial charge in [-0.15, -0.1) is 10.2 Å². The van der Waals surface area contributed by atoms with Gasteiger partial charge < -0.3 is 9.88 Å². The minimum atomic E-state index is -0.0664. The lowest BCUT2D eigenvalue weighted by atomic mass is 10.1. The fourth-order valence-corrected chi connectivity index (χ4v) is 2.25. The van der Waals surface area contributed by atoms with Crippen molar-refractivity contribution in [3.63, 3.8) is 0 Å². The fraction of sp³-hybridized carbons (Fsp3) is 0.308. The highest BCUT2D eigenvalue weighted by Crippen LogP contribution is 2.18. The maximum absolute atomic E-state index is 11.6. The largest absolute Gasteiger partial charge is 0.345 e. The van der Waals surface area contributed by atoms with Gasteiger partial charge in [0.15, 0.2) is 5.82 Å². The summed E-state index contributed by atoms with van der Waals surface area (Å²) >= 11 is 0. The molecular weight excluding hydrogens is 228 g/mol. The summed E-state index contributed by atoms with van der Waals surface area (Å²) < 4.78 is 1.91. The van der Waals surface area contributed by atoms with Crippen LogP contribution in [-0.2, 0) is 17.8 Å². The second-order valence-electron chi connectivity index (χ2n) is 4.51. The zero-order valence-corrected chi connectivity index (χ0v) is 10.1. The van der Waals surface area contributed by atoms with Crippen molar-refractivity contribution in [2.45, 2.75) is 25.9 Å². The van der Waals surface area contributed by atoms with E-state index in [-0.39, 0.29) is 11.9 Å². The van der Waals surface area contributed by atoms with Crippen LogP contribution in [0.3, 0.4) is 0 Å². The molecule has 1 aromatic carbocycles. The molecule has 0 radical (unpaired) electrons. The first-order valence-electron chi connectivity index (χ1n) is 5.99. The van der Waals surface area contributed by atoms with Crippen molar-refractivity contribution < 1.29 is 4.79 Å². The number of amides is 1. The van der Waals surface area contributed by atoms with Gasteiger partial charge in [0.1, 0.15) is 12.4 Å². The highest BCUT2D eigenvalue weighted by atomic mass is 16.2. The standard InChI is InChI=1S/C13H14N4O/c1-9-13-16-15-11(17(13)8-12(18)14-9)7-10-5-3-2-4-6-10/h2-6,9H,7-8H2,1H3,(H,14,18)/t9-/m0/s1. The molecule has 1 aliphatic heterocycles. The van der Waals surface area contributed by atoms with E-state index in [4.69, 9.17) is 0 Å². The number of carbonyl (C=O) groups excluding carboxylic acids is 1. The Balaban J connectivity index is 1.93. The van der Waals surface area contributed by atoms with Crippen molar-refractivity contribution in [2.75, 3.05) is 0 Å². The van der Waals surface area contributed by atoms with Crippen molar-refractivity contribution in [3.05, 3.63) is 47.5 Å². The quantitative estimate of drug-likeness (QED) is 0.856. The van der Waals surface area contributed by atoms with E-state index < -0.39 is 0 Å². The van der Waals surface area contributed by atoms with Crippen LogP contribution in [0.1, 0.15) is 30.2 Å². The van der Waals surface area contributed by atoms with Crippen LogP contribution >= 0.6 is 0 Å². The van der Waals surface area contributed by atoms with Gasteiger partial charge in [-0.2, -0.15) is 0 Å². The molecule has 5 nitrogen and oxygen atoms in total. The summed E-state index contributed by atoms with van der Waals surface area (Å²) in [6.45, 7) is 2.23. The Hall–Kier alpha value is -2.17. The number of benzene rings is 1. The number of carbonyl (C=O) groups is 1. The fourth-order valence-electron chi connectivity index (χ4n) is 2.25. The first kappa shape index (κ1) is 11.0. The zero-order valence-electron chi connectivity index (χ0n) is 10.1. The Kier molecular flexibility index (Phi) is 2.59. The molecule has 1 atom stereocenters. The number of hydrogen-bond acceptors (Lipinski definition) is 3. The first-order chi connectivity index (χ1) is 8.74. The van der Waals surface area contributed by atoms with Crippen LogP contribution in [0, 0.1) is 0 Å². The highest BCUT2D eigenvalue weighted by Gasteiger charge is 2.25. The molecule has 0 unspecified atom stereocenters. The van der Waals surface area contributed by atoms with Crippen LogP contribution in [-0.4, -0.2) is 20.7 Å². The van der Waals surface area contributed by atoms with Gasteiger partial charge in [-0.05, 0) is 12.5 Å². The summed E-state index contributed by atoms with van der Waals surface area (Å²) in [5, 5.41) is 11.2. The molecule has 0 saturated heterocycles. The number of fused-ring (bicyclic) bond motifs is 1. The molecule has 1 aromatic heterocycles. The molecule has 2 heterocycles. The normalized spacial score (nSPS) is 18.3. The smallest absolute Gasteiger partial charge is 0.240 e. The van der Waals surface area contributed by atoms with E-state index in [1.807, 2.05) is 41.8 Å². The van der Waals surface area contributed by atoms with Crippen molar-refractivity contribution in [2.24, 2.45) is 0 Å². The summed E-state index contributed by atoms with van der Waals surface area (Å²) in [7, 11) is 0. The summed E-state index contributed by atoms with van der Waals surface area (Å²) in [6, 6.07) is 10.0. The van der Waals surface area contributed by atoms with E-state index in [9.17, 15) is 4.79 Å². The molecule has 92 valence electrons.